The zero-order valence-corrected chi connectivity index (χ0v) is 7.74. The molecule has 13 heavy (non-hydrogen) atoms. The lowest BCUT2D eigenvalue weighted by molar-refractivity contribution is 0.684. The molecule has 0 aromatic heterocycles. The van der Waals surface area contributed by atoms with Gasteiger partial charge in [-0.15, -0.1) is 18.9 Å². The first kappa shape index (κ1) is 9.61. The first-order valence-electron chi connectivity index (χ1n) is 4.47. The summed E-state index contributed by atoms with van der Waals surface area (Å²) >= 11 is 0. The highest BCUT2D eigenvalue weighted by molar-refractivity contribution is 5.17. The van der Waals surface area contributed by atoms with Crippen LogP contribution in [0.3, 0.4) is 0 Å². The van der Waals surface area contributed by atoms with Gasteiger partial charge in [-0.25, -0.2) is 0 Å². The molecule has 1 aromatic rings. The molecule has 0 saturated carbocycles. The van der Waals surface area contributed by atoms with E-state index in [2.05, 4.69) is 24.6 Å². The quantitative estimate of drug-likeness (QED) is 0.481. The summed E-state index contributed by atoms with van der Waals surface area (Å²) in [4.78, 5) is 0. The molecule has 0 aliphatic carbocycles. The molecule has 0 fully saturated rings. The Morgan fingerprint density at radius 2 is 2.08 bits per heavy atom. The van der Waals surface area contributed by atoms with E-state index < -0.39 is 0 Å². The second kappa shape index (κ2) is 5.22. The molecule has 0 saturated heterocycles. The Balaban J connectivity index is 2.58. The van der Waals surface area contributed by atoms with Crippen LogP contribution in [0.4, 0.5) is 0 Å². The van der Waals surface area contributed by atoms with Gasteiger partial charge in [-0.05, 0) is 18.4 Å². The number of terminal acetylenes is 1. The molecule has 1 aromatic carbocycles. The topological polar surface area (TPSA) is 0 Å². The van der Waals surface area contributed by atoms with Gasteiger partial charge in [0.25, 0.3) is 0 Å². The number of hydrogen-bond acceptors (Lipinski definition) is 0. The molecule has 0 spiro atoms. The summed E-state index contributed by atoms with van der Waals surface area (Å²) in [6.07, 6.45) is 9.13. The Labute approximate surface area is 80.3 Å². The van der Waals surface area contributed by atoms with Crippen molar-refractivity contribution in [1.29, 1.82) is 0 Å². The second-order valence-corrected chi connectivity index (χ2v) is 3.08. The largest absolute Gasteiger partial charge is 0.120 e. The van der Waals surface area contributed by atoms with Gasteiger partial charge in [0.05, 0.1) is 0 Å². The molecule has 0 heterocycles. The molecule has 1 atom stereocenters. The summed E-state index contributed by atoms with van der Waals surface area (Å²) in [5, 5.41) is 0. The summed E-state index contributed by atoms with van der Waals surface area (Å²) in [6, 6.07) is 10.3. The summed E-state index contributed by atoms with van der Waals surface area (Å²) < 4.78 is 0. The summed E-state index contributed by atoms with van der Waals surface area (Å²) in [6.45, 7) is 3.69. The maximum Gasteiger partial charge on any atom is 0.0274 e. The zero-order valence-electron chi connectivity index (χ0n) is 7.74. The van der Waals surface area contributed by atoms with Crippen LogP contribution in [0.5, 0.6) is 0 Å². The Kier molecular flexibility index (Phi) is 3.85. The van der Waals surface area contributed by atoms with E-state index in [0.29, 0.717) is 5.92 Å². The van der Waals surface area contributed by atoms with Crippen LogP contribution in [0.25, 0.3) is 0 Å². The van der Waals surface area contributed by atoms with Gasteiger partial charge in [-0.2, -0.15) is 0 Å². The van der Waals surface area contributed by atoms with Crippen molar-refractivity contribution in [2.24, 2.45) is 5.92 Å². The minimum atomic E-state index is 0.292. The highest BCUT2D eigenvalue weighted by Crippen LogP contribution is 2.11. The normalized spacial score (nSPS) is 11.6. The smallest absolute Gasteiger partial charge is 0.0274 e. The number of hydrogen-bond donors (Lipinski definition) is 0. The molecule has 0 unspecified atom stereocenters. The molecule has 1 rings (SSSR count). The van der Waals surface area contributed by atoms with Gasteiger partial charge < -0.3 is 0 Å². The molecular formula is C13H14. The molecule has 0 amide bonds. The van der Waals surface area contributed by atoms with Gasteiger partial charge in [0.1, 0.15) is 0 Å². The van der Waals surface area contributed by atoms with Crippen molar-refractivity contribution < 1.29 is 0 Å². The fourth-order valence-corrected chi connectivity index (χ4v) is 1.31. The average Bonchev–Trinajstić information content (AvgIpc) is 2.19. The molecule has 0 bridgehead atoms. The van der Waals surface area contributed by atoms with Crippen molar-refractivity contribution in [3.8, 4) is 12.3 Å². The van der Waals surface area contributed by atoms with Crippen LogP contribution in [-0.4, -0.2) is 0 Å². The Morgan fingerprint density at radius 3 is 2.62 bits per heavy atom. The van der Waals surface area contributed by atoms with Crippen molar-refractivity contribution in [2.45, 2.75) is 12.8 Å². The number of rotatable bonds is 4. The summed E-state index contributed by atoms with van der Waals surface area (Å²) in [5.41, 5.74) is 1.30. The third-order valence-corrected chi connectivity index (χ3v) is 2.01. The monoisotopic (exact) mass is 170 g/mol. The third kappa shape index (κ3) is 3.17. The van der Waals surface area contributed by atoms with Crippen LogP contribution in [0.15, 0.2) is 43.0 Å². The molecule has 0 aliphatic heterocycles. The Hall–Kier alpha value is -1.48. The van der Waals surface area contributed by atoms with E-state index >= 15 is 0 Å². The SMILES string of the molecule is C#C[C@@H](CC=C)Cc1ccccc1. The predicted octanol–water partition coefficient (Wildman–Crippen LogP) is 3.05. The van der Waals surface area contributed by atoms with Gasteiger partial charge >= 0.3 is 0 Å². The van der Waals surface area contributed by atoms with Crippen LogP contribution in [0.1, 0.15) is 12.0 Å². The summed E-state index contributed by atoms with van der Waals surface area (Å²) in [5.74, 6) is 3.07. The molecule has 0 N–H and O–H groups in total. The molecule has 0 radical (unpaired) electrons. The maximum atomic E-state index is 5.41. The molecule has 0 aliphatic rings. The van der Waals surface area contributed by atoms with Crippen molar-refractivity contribution in [2.75, 3.05) is 0 Å². The third-order valence-electron chi connectivity index (χ3n) is 2.01. The van der Waals surface area contributed by atoms with Crippen molar-refractivity contribution in [3.05, 3.63) is 48.6 Å². The zero-order chi connectivity index (χ0) is 9.52. The van der Waals surface area contributed by atoms with Crippen LogP contribution in [0.2, 0.25) is 0 Å². The van der Waals surface area contributed by atoms with E-state index in [4.69, 9.17) is 6.42 Å². The minimum absolute atomic E-state index is 0.292. The highest BCUT2D eigenvalue weighted by Gasteiger charge is 2.02. The van der Waals surface area contributed by atoms with Crippen LogP contribution in [-0.2, 0) is 6.42 Å². The first-order valence-corrected chi connectivity index (χ1v) is 4.47. The maximum absolute atomic E-state index is 5.41. The second-order valence-electron chi connectivity index (χ2n) is 3.08. The van der Waals surface area contributed by atoms with Crippen molar-refractivity contribution in [1.82, 2.24) is 0 Å². The lowest BCUT2D eigenvalue weighted by Gasteiger charge is -2.07. The lowest BCUT2D eigenvalue weighted by atomic mass is 9.97. The van der Waals surface area contributed by atoms with Crippen LogP contribution in [0, 0.1) is 18.3 Å². The van der Waals surface area contributed by atoms with Gasteiger partial charge in [-0.3, -0.25) is 0 Å². The van der Waals surface area contributed by atoms with E-state index in [1.54, 1.807) is 0 Å². The first-order chi connectivity index (χ1) is 6.36. The fourth-order valence-electron chi connectivity index (χ4n) is 1.31. The van der Waals surface area contributed by atoms with E-state index in [-0.39, 0.29) is 0 Å². The number of benzene rings is 1. The van der Waals surface area contributed by atoms with Crippen LogP contribution >= 0.6 is 0 Å². The van der Waals surface area contributed by atoms with Crippen molar-refractivity contribution in [3.63, 3.8) is 0 Å². The van der Waals surface area contributed by atoms with E-state index in [9.17, 15) is 0 Å². The molecular weight excluding hydrogens is 156 g/mol. The van der Waals surface area contributed by atoms with Crippen LogP contribution < -0.4 is 0 Å². The van der Waals surface area contributed by atoms with Gasteiger partial charge in [0.2, 0.25) is 0 Å². The molecule has 0 nitrogen and oxygen atoms in total. The highest BCUT2D eigenvalue weighted by atomic mass is 14.1. The van der Waals surface area contributed by atoms with Gasteiger partial charge in [0, 0.05) is 5.92 Å². The van der Waals surface area contributed by atoms with E-state index in [1.165, 1.54) is 5.56 Å². The van der Waals surface area contributed by atoms with Gasteiger partial charge in [-0.1, -0.05) is 36.4 Å². The predicted molar refractivity (Wildman–Crippen MR) is 57.3 cm³/mol. The fraction of sp³-hybridized carbons (Fsp3) is 0.231. The summed E-state index contributed by atoms with van der Waals surface area (Å²) in [7, 11) is 0. The standard InChI is InChI=1S/C13H14/c1-3-8-12(4-2)11-13-9-6-5-7-10-13/h2-3,5-7,9-10,12H,1,8,11H2/t12-/m0/s1. The average molecular weight is 170 g/mol. The molecule has 0 heteroatoms. The lowest BCUT2D eigenvalue weighted by Crippen LogP contribution is -1.99. The van der Waals surface area contributed by atoms with E-state index in [1.807, 2.05) is 24.3 Å². The van der Waals surface area contributed by atoms with Crippen molar-refractivity contribution >= 4 is 0 Å². The Bertz CT molecular complexity index is 290. The number of allylic oxidation sites excluding steroid dienone is 1. The van der Waals surface area contributed by atoms with E-state index in [0.717, 1.165) is 12.8 Å². The molecule has 66 valence electrons. The minimum Gasteiger partial charge on any atom is -0.120 e. The Morgan fingerprint density at radius 1 is 1.38 bits per heavy atom. The van der Waals surface area contributed by atoms with Gasteiger partial charge in [0.15, 0.2) is 0 Å².